The summed E-state index contributed by atoms with van der Waals surface area (Å²) in [6, 6.07) is 0.825. The summed E-state index contributed by atoms with van der Waals surface area (Å²) < 4.78 is 0. The van der Waals surface area contributed by atoms with Crippen LogP contribution in [0, 0.1) is 11.3 Å². The third-order valence-corrected chi connectivity index (χ3v) is 4.02. The van der Waals surface area contributed by atoms with Crippen molar-refractivity contribution in [2.75, 3.05) is 7.05 Å². The Bertz CT molecular complexity index is 148. The Hall–Kier alpha value is -0.0400. The molecular weight excluding hydrogens is 146 g/mol. The van der Waals surface area contributed by atoms with Crippen LogP contribution in [0.3, 0.4) is 0 Å². The summed E-state index contributed by atoms with van der Waals surface area (Å²) in [5, 5.41) is 3.40. The van der Waals surface area contributed by atoms with Crippen LogP contribution in [0.25, 0.3) is 0 Å². The van der Waals surface area contributed by atoms with Gasteiger partial charge in [-0.15, -0.1) is 0 Å². The predicted octanol–water partition coefficient (Wildman–Crippen LogP) is 2.56. The first kappa shape index (κ1) is 8.55. The number of nitrogens with one attached hydrogen (secondary N) is 1. The van der Waals surface area contributed by atoms with Gasteiger partial charge in [0.1, 0.15) is 0 Å². The van der Waals surface area contributed by atoms with Crippen LogP contribution in [0.4, 0.5) is 0 Å². The van der Waals surface area contributed by atoms with Crippen LogP contribution in [-0.2, 0) is 0 Å². The lowest BCUT2D eigenvalue weighted by atomic mass is 9.56. The fourth-order valence-electron chi connectivity index (χ4n) is 3.35. The summed E-state index contributed by atoms with van der Waals surface area (Å²) in [5.41, 5.74) is 0.812. The summed E-state index contributed by atoms with van der Waals surface area (Å²) in [6.45, 7) is 2.40. The molecule has 2 fully saturated rings. The summed E-state index contributed by atoms with van der Waals surface area (Å²) >= 11 is 0. The molecule has 2 aliphatic rings. The zero-order valence-electron chi connectivity index (χ0n) is 8.40. The molecule has 0 radical (unpaired) electrons. The van der Waals surface area contributed by atoms with E-state index in [9.17, 15) is 0 Å². The molecular formula is C11H21N. The van der Waals surface area contributed by atoms with E-state index in [1.165, 1.54) is 38.5 Å². The zero-order chi connectivity index (χ0) is 8.60. The Labute approximate surface area is 75.9 Å². The average molecular weight is 167 g/mol. The van der Waals surface area contributed by atoms with Gasteiger partial charge < -0.3 is 5.32 Å². The van der Waals surface area contributed by atoms with Crippen LogP contribution in [0.1, 0.15) is 45.4 Å². The number of hydrogen-bond donors (Lipinski definition) is 1. The lowest BCUT2D eigenvalue weighted by Gasteiger charge is -2.50. The van der Waals surface area contributed by atoms with Gasteiger partial charge in [0.2, 0.25) is 0 Å². The van der Waals surface area contributed by atoms with Crippen molar-refractivity contribution in [3.8, 4) is 0 Å². The topological polar surface area (TPSA) is 12.0 Å². The lowest BCUT2D eigenvalue weighted by Crippen LogP contribution is -2.42. The molecule has 0 atom stereocenters. The van der Waals surface area contributed by atoms with Crippen molar-refractivity contribution >= 4 is 0 Å². The maximum absolute atomic E-state index is 3.40. The summed E-state index contributed by atoms with van der Waals surface area (Å²) in [7, 11) is 2.10. The van der Waals surface area contributed by atoms with Crippen molar-refractivity contribution in [1.82, 2.24) is 5.32 Å². The van der Waals surface area contributed by atoms with Gasteiger partial charge in [-0.2, -0.15) is 0 Å². The average Bonchev–Trinajstić information content (AvgIpc) is 2.04. The quantitative estimate of drug-likeness (QED) is 0.633. The largest absolute Gasteiger partial charge is 0.317 e. The van der Waals surface area contributed by atoms with Crippen LogP contribution in [0.15, 0.2) is 0 Å². The van der Waals surface area contributed by atoms with Crippen LogP contribution >= 0.6 is 0 Å². The molecule has 1 nitrogen and oxygen atoms in total. The molecule has 2 saturated carbocycles. The van der Waals surface area contributed by atoms with Crippen LogP contribution in [0.5, 0.6) is 0 Å². The monoisotopic (exact) mass is 167 g/mol. The summed E-state index contributed by atoms with van der Waals surface area (Å²) in [6.07, 6.45) is 8.85. The van der Waals surface area contributed by atoms with Crippen molar-refractivity contribution in [3.63, 3.8) is 0 Å². The van der Waals surface area contributed by atoms with Crippen molar-refractivity contribution in [2.24, 2.45) is 11.3 Å². The van der Waals surface area contributed by atoms with E-state index in [0.29, 0.717) is 0 Å². The van der Waals surface area contributed by atoms with Gasteiger partial charge in [-0.3, -0.25) is 0 Å². The highest BCUT2D eigenvalue weighted by molar-refractivity contribution is 4.96. The summed E-state index contributed by atoms with van der Waals surface area (Å²) in [5.74, 6) is 1.02. The van der Waals surface area contributed by atoms with Gasteiger partial charge in [0.15, 0.2) is 0 Å². The molecule has 0 heterocycles. The van der Waals surface area contributed by atoms with Gasteiger partial charge in [-0.05, 0) is 56.9 Å². The molecule has 2 rings (SSSR count). The normalized spacial score (nSPS) is 47.5. The minimum absolute atomic E-state index is 0.812. The van der Waals surface area contributed by atoms with E-state index in [0.717, 1.165) is 17.4 Å². The third-order valence-electron chi connectivity index (χ3n) is 4.02. The second-order valence-corrected chi connectivity index (χ2v) is 5.08. The van der Waals surface area contributed by atoms with E-state index in [2.05, 4.69) is 19.3 Å². The second-order valence-electron chi connectivity index (χ2n) is 5.08. The molecule has 1 spiro atoms. The Morgan fingerprint density at radius 3 is 2.17 bits per heavy atom. The second kappa shape index (κ2) is 3.02. The third kappa shape index (κ3) is 1.39. The first-order chi connectivity index (χ1) is 5.74. The van der Waals surface area contributed by atoms with E-state index in [4.69, 9.17) is 0 Å². The Morgan fingerprint density at radius 2 is 1.75 bits per heavy atom. The van der Waals surface area contributed by atoms with E-state index >= 15 is 0 Å². The van der Waals surface area contributed by atoms with Gasteiger partial charge in [0, 0.05) is 6.04 Å². The molecule has 0 unspecified atom stereocenters. The van der Waals surface area contributed by atoms with Crippen LogP contribution in [-0.4, -0.2) is 13.1 Å². The molecule has 70 valence electrons. The SMILES string of the molecule is CNC1CCC2(CC1)CC(C)C2. The minimum Gasteiger partial charge on any atom is -0.317 e. The standard InChI is InChI=1S/C11H21N/c1-9-7-11(8-9)5-3-10(12-2)4-6-11/h9-10,12H,3-8H2,1-2H3. The molecule has 0 aromatic heterocycles. The molecule has 0 saturated heterocycles. The first-order valence-electron chi connectivity index (χ1n) is 5.41. The molecule has 0 aliphatic heterocycles. The predicted molar refractivity (Wildman–Crippen MR) is 52.1 cm³/mol. The molecule has 0 amide bonds. The van der Waals surface area contributed by atoms with Gasteiger partial charge >= 0.3 is 0 Å². The highest BCUT2D eigenvalue weighted by atomic mass is 14.9. The Kier molecular flexibility index (Phi) is 2.16. The molecule has 2 aliphatic carbocycles. The number of hydrogen-bond acceptors (Lipinski definition) is 1. The van der Waals surface area contributed by atoms with Crippen LogP contribution in [0.2, 0.25) is 0 Å². The zero-order valence-corrected chi connectivity index (χ0v) is 8.40. The van der Waals surface area contributed by atoms with E-state index < -0.39 is 0 Å². The smallest absolute Gasteiger partial charge is 0.00644 e. The van der Waals surface area contributed by atoms with Gasteiger partial charge in [-0.25, -0.2) is 0 Å². The molecule has 12 heavy (non-hydrogen) atoms. The maximum Gasteiger partial charge on any atom is 0.00644 e. The van der Waals surface area contributed by atoms with Crippen LogP contribution < -0.4 is 5.32 Å². The lowest BCUT2D eigenvalue weighted by molar-refractivity contribution is 0.0161. The first-order valence-corrected chi connectivity index (χ1v) is 5.41. The maximum atomic E-state index is 3.40. The Morgan fingerprint density at radius 1 is 1.17 bits per heavy atom. The fourth-order valence-corrected chi connectivity index (χ4v) is 3.35. The van der Waals surface area contributed by atoms with E-state index in [-0.39, 0.29) is 0 Å². The molecule has 1 N–H and O–H groups in total. The minimum atomic E-state index is 0.812. The van der Waals surface area contributed by atoms with E-state index in [1.807, 2.05) is 0 Å². The van der Waals surface area contributed by atoms with Gasteiger partial charge in [-0.1, -0.05) is 6.92 Å². The Balaban J connectivity index is 1.83. The highest BCUT2D eigenvalue weighted by Gasteiger charge is 2.43. The molecule has 0 bridgehead atoms. The van der Waals surface area contributed by atoms with Crippen molar-refractivity contribution in [2.45, 2.75) is 51.5 Å². The van der Waals surface area contributed by atoms with Crippen molar-refractivity contribution < 1.29 is 0 Å². The summed E-state index contributed by atoms with van der Waals surface area (Å²) in [4.78, 5) is 0. The van der Waals surface area contributed by atoms with Crippen molar-refractivity contribution in [3.05, 3.63) is 0 Å². The van der Waals surface area contributed by atoms with E-state index in [1.54, 1.807) is 0 Å². The highest BCUT2D eigenvalue weighted by Crippen LogP contribution is 2.54. The fraction of sp³-hybridized carbons (Fsp3) is 1.00. The van der Waals surface area contributed by atoms with Gasteiger partial charge in [0.25, 0.3) is 0 Å². The van der Waals surface area contributed by atoms with Gasteiger partial charge in [0.05, 0.1) is 0 Å². The number of rotatable bonds is 1. The molecule has 0 aromatic carbocycles. The molecule has 1 heteroatoms. The van der Waals surface area contributed by atoms with Crippen molar-refractivity contribution in [1.29, 1.82) is 0 Å². The molecule has 0 aromatic rings.